The van der Waals surface area contributed by atoms with Crippen LogP contribution in [-0.2, 0) is 6.42 Å². The lowest BCUT2D eigenvalue weighted by Gasteiger charge is -2.07. The molecule has 0 unspecified atom stereocenters. The summed E-state index contributed by atoms with van der Waals surface area (Å²) in [5.74, 6) is -0.0115. The molecule has 0 radical (unpaired) electrons. The lowest BCUT2D eigenvalue weighted by molar-refractivity contribution is 0.440. The monoisotopic (exact) mass is 312 g/mol. The first-order valence-corrected chi connectivity index (χ1v) is 7.25. The van der Waals surface area contributed by atoms with Gasteiger partial charge in [-0.25, -0.2) is 0 Å². The Balaban J connectivity index is 2.27. The van der Waals surface area contributed by atoms with Crippen molar-refractivity contribution in [2.75, 3.05) is 0 Å². The first-order chi connectivity index (χ1) is 10.9. The third kappa shape index (κ3) is 4.30. The number of benzene rings is 2. The fourth-order valence-electron chi connectivity index (χ4n) is 2.13. The zero-order valence-corrected chi connectivity index (χ0v) is 13.1. The van der Waals surface area contributed by atoms with Gasteiger partial charge in [-0.15, -0.1) is 0 Å². The Kier molecular flexibility index (Phi) is 4.96. The number of aromatic hydroxyl groups is 4. The number of rotatable bonds is 4. The summed E-state index contributed by atoms with van der Waals surface area (Å²) >= 11 is 0. The van der Waals surface area contributed by atoms with Gasteiger partial charge in [0.15, 0.2) is 0 Å². The van der Waals surface area contributed by atoms with Crippen molar-refractivity contribution in [1.82, 2.24) is 0 Å². The average Bonchev–Trinajstić information content (AvgIpc) is 2.45. The van der Waals surface area contributed by atoms with Crippen molar-refractivity contribution in [3.8, 4) is 23.0 Å². The minimum Gasteiger partial charge on any atom is -0.508 e. The summed E-state index contributed by atoms with van der Waals surface area (Å²) in [6.07, 6.45) is 5.69. The van der Waals surface area contributed by atoms with Gasteiger partial charge < -0.3 is 20.4 Å². The summed E-state index contributed by atoms with van der Waals surface area (Å²) in [5.41, 5.74) is 2.72. The van der Waals surface area contributed by atoms with Gasteiger partial charge in [0, 0.05) is 17.2 Å². The van der Waals surface area contributed by atoms with Crippen molar-refractivity contribution in [3.05, 3.63) is 58.7 Å². The molecular weight excluding hydrogens is 292 g/mol. The zero-order chi connectivity index (χ0) is 17.0. The number of allylic oxidation sites excluding steroid dienone is 2. The summed E-state index contributed by atoms with van der Waals surface area (Å²) < 4.78 is 0. The third-order valence-electron chi connectivity index (χ3n) is 3.41. The van der Waals surface area contributed by atoms with Gasteiger partial charge in [-0.2, -0.15) is 0 Å². The average molecular weight is 312 g/mol. The summed E-state index contributed by atoms with van der Waals surface area (Å²) in [4.78, 5) is 0. The predicted molar refractivity (Wildman–Crippen MR) is 91.6 cm³/mol. The fraction of sp³-hybridized carbons (Fsp3) is 0.158. The predicted octanol–water partition coefficient (Wildman–Crippen LogP) is 4.19. The van der Waals surface area contributed by atoms with E-state index in [4.69, 9.17) is 0 Å². The van der Waals surface area contributed by atoms with Crippen LogP contribution in [0.1, 0.15) is 30.5 Å². The van der Waals surface area contributed by atoms with E-state index >= 15 is 0 Å². The molecule has 0 aliphatic rings. The van der Waals surface area contributed by atoms with Crippen LogP contribution in [0.4, 0.5) is 0 Å². The van der Waals surface area contributed by atoms with Crippen LogP contribution < -0.4 is 0 Å². The molecule has 4 N–H and O–H groups in total. The fourth-order valence-corrected chi connectivity index (χ4v) is 2.13. The van der Waals surface area contributed by atoms with Gasteiger partial charge >= 0.3 is 0 Å². The van der Waals surface area contributed by atoms with E-state index in [1.54, 1.807) is 30.4 Å². The topological polar surface area (TPSA) is 80.9 Å². The van der Waals surface area contributed by atoms with Crippen LogP contribution in [0.2, 0.25) is 0 Å². The summed E-state index contributed by atoms with van der Waals surface area (Å²) in [5, 5.41) is 39.1. The van der Waals surface area contributed by atoms with Crippen LogP contribution in [0.3, 0.4) is 0 Å². The van der Waals surface area contributed by atoms with Crippen LogP contribution in [0, 0.1) is 0 Å². The maximum absolute atomic E-state index is 10.1. The Morgan fingerprint density at radius 1 is 0.870 bits per heavy atom. The second-order valence-electron chi connectivity index (χ2n) is 5.60. The van der Waals surface area contributed by atoms with E-state index < -0.39 is 0 Å². The van der Waals surface area contributed by atoms with Crippen LogP contribution in [0.5, 0.6) is 23.0 Å². The molecule has 2 rings (SSSR count). The van der Waals surface area contributed by atoms with Gasteiger partial charge in [0.05, 0.1) is 0 Å². The zero-order valence-electron chi connectivity index (χ0n) is 13.1. The first-order valence-electron chi connectivity index (χ1n) is 7.25. The quantitative estimate of drug-likeness (QED) is 0.504. The molecule has 4 nitrogen and oxygen atoms in total. The number of phenols is 4. The molecule has 0 bridgehead atoms. The lowest BCUT2D eigenvalue weighted by atomic mass is 10.0. The second-order valence-corrected chi connectivity index (χ2v) is 5.60. The van der Waals surface area contributed by atoms with Crippen LogP contribution in [0.25, 0.3) is 12.2 Å². The molecule has 0 amide bonds. The van der Waals surface area contributed by atoms with Gasteiger partial charge in [-0.3, -0.25) is 0 Å². The van der Waals surface area contributed by atoms with Crippen molar-refractivity contribution in [1.29, 1.82) is 0 Å². The molecule has 0 heterocycles. The van der Waals surface area contributed by atoms with Gasteiger partial charge in [-0.05, 0) is 50.1 Å². The molecule has 120 valence electrons. The van der Waals surface area contributed by atoms with Gasteiger partial charge in [0.1, 0.15) is 23.0 Å². The van der Waals surface area contributed by atoms with E-state index in [9.17, 15) is 20.4 Å². The third-order valence-corrected chi connectivity index (χ3v) is 3.41. The Hall–Kier alpha value is -2.88. The van der Waals surface area contributed by atoms with Crippen molar-refractivity contribution in [3.63, 3.8) is 0 Å². The van der Waals surface area contributed by atoms with Crippen molar-refractivity contribution in [2.45, 2.75) is 20.3 Å². The van der Waals surface area contributed by atoms with E-state index in [0.29, 0.717) is 23.1 Å². The van der Waals surface area contributed by atoms with Crippen molar-refractivity contribution >= 4 is 12.2 Å². The van der Waals surface area contributed by atoms with E-state index in [2.05, 4.69) is 0 Å². The number of hydrogen-bond donors (Lipinski definition) is 4. The molecule has 0 spiro atoms. The Labute approximate surface area is 135 Å². The molecule has 2 aromatic rings. The lowest BCUT2D eigenvalue weighted by Crippen LogP contribution is -1.87. The molecule has 0 saturated heterocycles. The molecule has 2 aromatic carbocycles. The molecule has 0 aliphatic heterocycles. The number of phenolic OH excluding ortho intramolecular Hbond substituents is 4. The maximum Gasteiger partial charge on any atom is 0.126 e. The normalized spacial score (nSPS) is 10.9. The molecule has 23 heavy (non-hydrogen) atoms. The Morgan fingerprint density at radius 2 is 1.52 bits per heavy atom. The highest BCUT2D eigenvalue weighted by atomic mass is 16.3. The molecule has 0 fully saturated rings. The highest BCUT2D eigenvalue weighted by molar-refractivity contribution is 5.74. The minimum absolute atomic E-state index is 0.0152. The molecule has 0 aliphatic carbocycles. The molecule has 4 heteroatoms. The second kappa shape index (κ2) is 6.92. The van der Waals surface area contributed by atoms with Crippen molar-refractivity contribution in [2.24, 2.45) is 0 Å². The van der Waals surface area contributed by atoms with E-state index in [0.717, 1.165) is 5.57 Å². The summed E-state index contributed by atoms with van der Waals surface area (Å²) in [6.45, 7) is 3.91. The Bertz CT molecular complexity index is 746. The highest BCUT2D eigenvalue weighted by Crippen LogP contribution is 2.31. The number of hydrogen-bond acceptors (Lipinski definition) is 4. The van der Waals surface area contributed by atoms with E-state index in [-0.39, 0.29) is 23.0 Å². The largest absolute Gasteiger partial charge is 0.508 e. The van der Waals surface area contributed by atoms with Crippen molar-refractivity contribution < 1.29 is 20.4 Å². The Morgan fingerprint density at radius 3 is 2.09 bits per heavy atom. The van der Waals surface area contributed by atoms with Gasteiger partial charge in [-0.1, -0.05) is 23.8 Å². The maximum atomic E-state index is 10.1. The first kappa shape index (κ1) is 16.5. The van der Waals surface area contributed by atoms with Gasteiger partial charge in [0.2, 0.25) is 0 Å². The smallest absolute Gasteiger partial charge is 0.126 e. The summed E-state index contributed by atoms with van der Waals surface area (Å²) in [7, 11) is 0. The van der Waals surface area contributed by atoms with E-state index in [1.807, 2.05) is 19.9 Å². The van der Waals surface area contributed by atoms with Gasteiger partial charge in [0.25, 0.3) is 0 Å². The molecular formula is C19H20O4. The molecule has 0 saturated carbocycles. The summed E-state index contributed by atoms with van der Waals surface area (Å²) in [6, 6.07) is 7.40. The molecule has 0 atom stereocenters. The minimum atomic E-state index is -0.0464. The molecule has 0 aromatic heterocycles. The van der Waals surface area contributed by atoms with Crippen LogP contribution >= 0.6 is 0 Å². The highest BCUT2D eigenvalue weighted by Gasteiger charge is 2.08. The van der Waals surface area contributed by atoms with Crippen LogP contribution in [-0.4, -0.2) is 20.4 Å². The SMILES string of the molecule is CC(C)=CCc1c(O)cc(C=Cc2ccc(O)cc2O)cc1O. The van der Waals surface area contributed by atoms with E-state index in [1.165, 1.54) is 12.1 Å². The standard InChI is InChI=1S/C19H20O4/c1-12(2)3-8-16-18(22)9-13(10-19(16)23)4-5-14-6-7-15(20)11-17(14)21/h3-7,9-11,20-23H,8H2,1-2H3. The van der Waals surface area contributed by atoms with Crippen LogP contribution in [0.15, 0.2) is 42.0 Å².